The Morgan fingerprint density at radius 1 is 0.931 bits per heavy atom. The Balaban J connectivity index is 1.78. The zero-order valence-corrected chi connectivity index (χ0v) is 15.6. The average molecular weight is 399 g/mol. The van der Waals surface area contributed by atoms with Crippen molar-refractivity contribution in [1.29, 1.82) is 0 Å². The Bertz CT molecular complexity index is 931. The average Bonchev–Trinajstić information content (AvgIpc) is 2.72. The molecule has 7 heteroatoms. The monoisotopic (exact) mass is 399 g/mol. The molecular formula is C22H20F3N3O. The first-order chi connectivity index (χ1) is 13.9. The number of hydrogen-bond donors (Lipinski definition) is 1. The summed E-state index contributed by atoms with van der Waals surface area (Å²) in [5, 5.41) is 2.41. The summed E-state index contributed by atoms with van der Waals surface area (Å²) in [4.78, 5) is 18.5. The van der Waals surface area contributed by atoms with E-state index in [2.05, 4.69) is 10.3 Å². The van der Waals surface area contributed by atoms with E-state index in [0.717, 1.165) is 11.6 Å². The van der Waals surface area contributed by atoms with Crippen molar-refractivity contribution < 1.29 is 18.0 Å². The van der Waals surface area contributed by atoms with Crippen LogP contribution in [0.15, 0.2) is 79.0 Å². The van der Waals surface area contributed by atoms with Gasteiger partial charge in [0.2, 0.25) is 0 Å². The van der Waals surface area contributed by atoms with Crippen molar-refractivity contribution in [2.45, 2.75) is 19.1 Å². The van der Waals surface area contributed by atoms with E-state index < -0.39 is 17.8 Å². The number of nitrogens with one attached hydrogen (secondary N) is 1. The fraction of sp³-hybridized carbons (Fsp3) is 0.182. The van der Waals surface area contributed by atoms with Crippen molar-refractivity contribution >= 4 is 11.7 Å². The maximum absolute atomic E-state index is 13.2. The lowest BCUT2D eigenvalue weighted by atomic mass is 10.1. The lowest BCUT2D eigenvalue weighted by Gasteiger charge is -2.24. The maximum Gasteiger partial charge on any atom is 0.418 e. The van der Waals surface area contributed by atoms with Gasteiger partial charge < -0.3 is 10.2 Å². The number of benzene rings is 2. The molecule has 150 valence electrons. The molecule has 0 bridgehead atoms. The number of amides is 2. The third kappa shape index (κ3) is 5.81. The van der Waals surface area contributed by atoms with Crippen LogP contribution in [0.2, 0.25) is 0 Å². The summed E-state index contributed by atoms with van der Waals surface area (Å²) in [6.45, 7) is 0.522. The number of halogens is 3. The molecule has 2 aromatic carbocycles. The van der Waals surface area contributed by atoms with Gasteiger partial charge >= 0.3 is 12.2 Å². The van der Waals surface area contributed by atoms with Crippen molar-refractivity contribution in [1.82, 2.24) is 9.88 Å². The van der Waals surface area contributed by atoms with Gasteiger partial charge in [-0.25, -0.2) is 4.79 Å². The number of urea groups is 1. The summed E-state index contributed by atoms with van der Waals surface area (Å²) in [6, 6.07) is 19.2. The third-order valence-electron chi connectivity index (χ3n) is 4.35. The molecule has 2 amide bonds. The minimum atomic E-state index is -4.56. The lowest BCUT2D eigenvalue weighted by Crippen LogP contribution is -2.36. The van der Waals surface area contributed by atoms with Crippen LogP contribution in [-0.4, -0.2) is 22.5 Å². The van der Waals surface area contributed by atoms with Gasteiger partial charge in [-0.2, -0.15) is 13.2 Å². The van der Waals surface area contributed by atoms with Gasteiger partial charge in [-0.1, -0.05) is 48.5 Å². The maximum atomic E-state index is 13.2. The largest absolute Gasteiger partial charge is 0.418 e. The fourth-order valence-corrected chi connectivity index (χ4v) is 2.88. The molecule has 0 unspecified atom stereocenters. The van der Waals surface area contributed by atoms with Crippen LogP contribution in [-0.2, 0) is 19.1 Å². The first-order valence-corrected chi connectivity index (χ1v) is 9.09. The van der Waals surface area contributed by atoms with Crippen molar-refractivity contribution in [3.63, 3.8) is 0 Å². The van der Waals surface area contributed by atoms with E-state index in [1.807, 2.05) is 30.3 Å². The molecule has 0 saturated heterocycles. The van der Waals surface area contributed by atoms with Gasteiger partial charge in [0.05, 0.1) is 23.5 Å². The van der Waals surface area contributed by atoms with E-state index >= 15 is 0 Å². The molecule has 3 aromatic rings. The Morgan fingerprint density at radius 3 is 2.31 bits per heavy atom. The number of alkyl halides is 3. The quantitative estimate of drug-likeness (QED) is 0.605. The van der Waals surface area contributed by atoms with Gasteiger partial charge in [-0.3, -0.25) is 4.98 Å². The number of anilines is 1. The lowest BCUT2D eigenvalue weighted by molar-refractivity contribution is -0.136. The standard InChI is InChI=1S/C22H20F3N3O/c23-22(24,25)19-11-4-5-12-20(19)27-21(29)28(16-18-10-6-7-14-26-18)15-13-17-8-2-1-3-9-17/h1-12,14H,13,15-16H2,(H,27,29). The van der Waals surface area contributed by atoms with Gasteiger partial charge in [0, 0.05) is 12.7 Å². The second kappa shape index (κ2) is 9.23. The number of carbonyl (C=O) groups is 1. The van der Waals surface area contributed by atoms with Gasteiger partial charge in [0.25, 0.3) is 0 Å². The van der Waals surface area contributed by atoms with E-state index in [1.54, 1.807) is 24.4 Å². The molecule has 1 aromatic heterocycles. The van der Waals surface area contributed by atoms with E-state index in [9.17, 15) is 18.0 Å². The van der Waals surface area contributed by atoms with Crippen LogP contribution in [0.4, 0.5) is 23.7 Å². The van der Waals surface area contributed by atoms with E-state index in [1.165, 1.54) is 23.1 Å². The van der Waals surface area contributed by atoms with Crippen molar-refractivity contribution in [3.05, 3.63) is 95.8 Å². The summed E-state index contributed by atoms with van der Waals surface area (Å²) in [5.74, 6) is 0. The van der Waals surface area contributed by atoms with Crippen LogP contribution < -0.4 is 5.32 Å². The molecule has 0 aliphatic carbocycles. The van der Waals surface area contributed by atoms with Gasteiger partial charge in [-0.15, -0.1) is 0 Å². The second-order valence-corrected chi connectivity index (χ2v) is 6.45. The SMILES string of the molecule is O=C(Nc1ccccc1C(F)(F)F)N(CCc1ccccc1)Cc1ccccn1. The minimum absolute atomic E-state index is 0.188. The van der Waals surface area contributed by atoms with Crippen LogP contribution in [0, 0.1) is 0 Å². The summed E-state index contributed by atoms with van der Waals surface area (Å²) in [6.07, 6.45) is -2.37. The van der Waals surface area contributed by atoms with Crippen LogP contribution in [0.1, 0.15) is 16.8 Å². The van der Waals surface area contributed by atoms with Crippen LogP contribution in [0.3, 0.4) is 0 Å². The number of pyridine rings is 1. The number of rotatable bonds is 6. The van der Waals surface area contributed by atoms with Crippen LogP contribution >= 0.6 is 0 Å². The summed E-state index contributed by atoms with van der Waals surface area (Å²) >= 11 is 0. The summed E-state index contributed by atoms with van der Waals surface area (Å²) in [5.41, 5.74) is 0.534. The molecule has 3 rings (SSSR count). The highest BCUT2D eigenvalue weighted by Gasteiger charge is 2.33. The molecule has 0 aliphatic rings. The van der Waals surface area contributed by atoms with Crippen molar-refractivity contribution in [2.24, 2.45) is 0 Å². The predicted molar refractivity (Wildman–Crippen MR) is 105 cm³/mol. The van der Waals surface area contributed by atoms with Gasteiger partial charge in [0.1, 0.15) is 0 Å². The Kier molecular flexibility index (Phi) is 6.49. The molecule has 29 heavy (non-hydrogen) atoms. The van der Waals surface area contributed by atoms with Crippen LogP contribution in [0.5, 0.6) is 0 Å². The van der Waals surface area contributed by atoms with Crippen LogP contribution in [0.25, 0.3) is 0 Å². The smallest absolute Gasteiger partial charge is 0.318 e. The molecule has 0 saturated carbocycles. The number of para-hydroxylation sites is 1. The molecule has 0 spiro atoms. The zero-order valence-electron chi connectivity index (χ0n) is 15.6. The normalized spacial score (nSPS) is 11.1. The van der Waals surface area contributed by atoms with E-state index in [0.29, 0.717) is 18.7 Å². The number of hydrogen-bond acceptors (Lipinski definition) is 2. The molecular weight excluding hydrogens is 379 g/mol. The molecule has 1 heterocycles. The number of aromatic nitrogens is 1. The molecule has 1 N–H and O–H groups in total. The molecule has 4 nitrogen and oxygen atoms in total. The Morgan fingerprint density at radius 2 is 1.62 bits per heavy atom. The molecule has 0 aliphatic heterocycles. The second-order valence-electron chi connectivity index (χ2n) is 6.45. The van der Waals surface area contributed by atoms with Gasteiger partial charge in [-0.05, 0) is 36.2 Å². The third-order valence-corrected chi connectivity index (χ3v) is 4.35. The number of carbonyl (C=O) groups excluding carboxylic acids is 1. The molecule has 0 radical (unpaired) electrons. The van der Waals surface area contributed by atoms with Crippen molar-refractivity contribution in [2.75, 3.05) is 11.9 Å². The Labute approximate surface area is 167 Å². The van der Waals surface area contributed by atoms with Gasteiger partial charge in [0.15, 0.2) is 0 Å². The highest BCUT2D eigenvalue weighted by atomic mass is 19.4. The molecule has 0 fully saturated rings. The summed E-state index contributed by atoms with van der Waals surface area (Å²) in [7, 11) is 0. The first kappa shape index (κ1) is 20.4. The first-order valence-electron chi connectivity index (χ1n) is 9.09. The predicted octanol–water partition coefficient (Wildman–Crippen LogP) is 5.38. The van der Waals surface area contributed by atoms with Crippen molar-refractivity contribution in [3.8, 4) is 0 Å². The number of nitrogens with zero attached hydrogens (tertiary/aromatic N) is 2. The molecule has 0 atom stereocenters. The fourth-order valence-electron chi connectivity index (χ4n) is 2.88. The van der Waals surface area contributed by atoms with E-state index in [-0.39, 0.29) is 12.2 Å². The van der Waals surface area contributed by atoms with E-state index in [4.69, 9.17) is 0 Å². The zero-order chi connectivity index (χ0) is 20.7. The summed E-state index contributed by atoms with van der Waals surface area (Å²) < 4.78 is 39.7. The topological polar surface area (TPSA) is 45.2 Å². The highest BCUT2D eigenvalue weighted by Crippen LogP contribution is 2.34. The highest BCUT2D eigenvalue weighted by molar-refractivity contribution is 5.90. The Hall–Kier alpha value is -3.35. The minimum Gasteiger partial charge on any atom is -0.318 e.